The normalized spacial score (nSPS) is 11.2. The van der Waals surface area contributed by atoms with Gasteiger partial charge in [-0.15, -0.1) is 0 Å². The molecule has 1 N–H and O–H groups in total. The third-order valence-corrected chi connectivity index (χ3v) is 6.03. The topological polar surface area (TPSA) is 98.2 Å². The van der Waals surface area contributed by atoms with E-state index >= 15 is 0 Å². The zero-order chi connectivity index (χ0) is 22.3. The van der Waals surface area contributed by atoms with Gasteiger partial charge in [-0.1, -0.05) is 28.5 Å². The highest BCUT2D eigenvalue weighted by Gasteiger charge is 2.18. The Balaban J connectivity index is 1.92. The number of aromatic nitrogens is 3. The van der Waals surface area contributed by atoms with E-state index in [0.29, 0.717) is 22.4 Å². The van der Waals surface area contributed by atoms with Crippen LogP contribution in [0.1, 0.15) is 27.4 Å². The number of nitrogens with zero attached hydrogens (tertiary/aromatic N) is 3. The van der Waals surface area contributed by atoms with E-state index in [9.17, 15) is 19.1 Å². The Hall–Kier alpha value is -3.17. The van der Waals surface area contributed by atoms with Gasteiger partial charge < -0.3 is 9.63 Å². The average molecular weight is 460 g/mol. The fourth-order valence-electron chi connectivity index (χ4n) is 3.09. The van der Waals surface area contributed by atoms with Crippen molar-refractivity contribution in [2.24, 2.45) is 0 Å². The molecular formula is C21H15ClFN3O4S. The first-order valence-corrected chi connectivity index (χ1v) is 10.4. The van der Waals surface area contributed by atoms with Crippen LogP contribution in [-0.4, -0.2) is 25.8 Å². The second kappa shape index (κ2) is 8.16. The lowest BCUT2D eigenvalue weighted by molar-refractivity contribution is 0.0697. The molecule has 4 aromatic rings. The first kappa shape index (κ1) is 21.1. The lowest BCUT2D eigenvalue weighted by Gasteiger charge is -2.14. The minimum Gasteiger partial charge on any atom is -0.478 e. The molecule has 0 atom stereocenters. The smallest absolute Gasteiger partial charge is 0.335 e. The number of hydrogen-bond donors (Lipinski definition) is 1. The van der Waals surface area contributed by atoms with Gasteiger partial charge >= 0.3 is 5.97 Å². The largest absolute Gasteiger partial charge is 0.478 e. The van der Waals surface area contributed by atoms with Crippen LogP contribution >= 0.6 is 23.4 Å². The molecule has 0 fully saturated rings. The fraction of sp³-hybridized carbons (Fsp3) is 0.143. The molecule has 0 bridgehead atoms. The fourth-order valence-corrected chi connectivity index (χ4v) is 4.43. The lowest BCUT2D eigenvalue weighted by Crippen LogP contribution is -2.22. The number of aromatic carboxylic acids is 1. The monoisotopic (exact) mass is 459 g/mol. The molecule has 0 saturated carbocycles. The SMILES string of the molecule is Cc1noc(C)c1CSc1nc2cc(C(=O)O)ccc2c(=O)n1-c1ccc(F)c(Cl)c1. The Morgan fingerprint density at radius 3 is 2.68 bits per heavy atom. The number of benzene rings is 2. The molecule has 4 rings (SSSR count). The minimum atomic E-state index is -1.12. The molecule has 2 aromatic heterocycles. The number of carboxylic acids is 1. The molecule has 0 saturated heterocycles. The second-order valence-corrected chi connectivity index (χ2v) is 8.11. The first-order valence-electron chi connectivity index (χ1n) is 9.06. The maximum Gasteiger partial charge on any atom is 0.335 e. The third kappa shape index (κ3) is 3.94. The molecule has 0 spiro atoms. The zero-order valence-corrected chi connectivity index (χ0v) is 17.9. The van der Waals surface area contributed by atoms with Gasteiger partial charge in [-0.25, -0.2) is 14.2 Å². The van der Waals surface area contributed by atoms with Gasteiger partial charge in [0.15, 0.2) is 5.16 Å². The molecule has 0 radical (unpaired) electrons. The second-order valence-electron chi connectivity index (χ2n) is 6.76. The van der Waals surface area contributed by atoms with Gasteiger partial charge in [0.1, 0.15) is 11.6 Å². The molecule has 0 aliphatic rings. The van der Waals surface area contributed by atoms with Crippen LogP contribution in [-0.2, 0) is 5.75 Å². The van der Waals surface area contributed by atoms with Crippen LogP contribution in [0.4, 0.5) is 4.39 Å². The Kier molecular flexibility index (Phi) is 5.55. The quantitative estimate of drug-likeness (QED) is 0.339. The van der Waals surface area contributed by atoms with E-state index in [1.165, 1.54) is 52.7 Å². The molecule has 0 aliphatic carbocycles. The van der Waals surface area contributed by atoms with Crippen LogP contribution in [0.25, 0.3) is 16.6 Å². The standard InChI is InChI=1S/C21H15ClFN3O4S/c1-10-15(11(2)30-25-10)9-31-21-24-18-7-12(20(28)29)3-5-14(18)19(27)26(21)13-4-6-17(23)16(22)8-13/h3-8H,9H2,1-2H3,(H,28,29). The summed E-state index contributed by atoms with van der Waals surface area (Å²) < 4.78 is 20.2. The number of thioether (sulfide) groups is 1. The summed E-state index contributed by atoms with van der Waals surface area (Å²) in [5.74, 6) is -0.670. The van der Waals surface area contributed by atoms with Crippen molar-refractivity contribution >= 4 is 40.2 Å². The van der Waals surface area contributed by atoms with Crippen LogP contribution in [0.3, 0.4) is 0 Å². The molecular weight excluding hydrogens is 445 g/mol. The number of fused-ring (bicyclic) bond motifs is 1. The van der Waals surface area contributed by atoms with Gasteiger partial charge in [0, 0.05) is 11.3 Å². The molecule has 10 heteroatoms. The van der Waals surface area contributed by atoms with Gasteiger partial charge in [0.2, 0.25) is 0 Å². The number of carboxylic acid groups (broad SMARTS) is 1. The van der Waals surface area contributed by atoms with Crippen molar-refractivity contribution in [1.82, 2.24) is 14.7 Å². The van der Waals surface area contributed by atoms with Crippen molar-refractivity contribution in [3.63, 3.8) is 0 Å². The third-order valence-electron chi connectivity index (χ3n) is 4.77. The average Bonchev–Trinajstić information content (AvgIpc) is 3.05. The van der Waals surface area contributed by atoms with Crippen LogP contribution in [0, 0.1) is 19.7 Å². The predicted molar refractivity (Wildman–Crippen MR) is 115 cm³/mol. The van der Waals surface area contributed by atoms with Crippen LogP contribution in [0.2, 0.25) is 5.02 Å². The molecule has 7 nitrogen and oxygen atoms in total. The number of carbonyl (C=O) groups is 1. The maximum atomic E-state index is 13.7. The first-order chi connectivity index (χ1) is 14.8. The highest BCUT2D eigenvalue weighted by molar-refractivity contribution is 7.98. The van der Waals surface area contributed by atoms with E-state index in [-0.39, 0.29) is 21.5 Å². The summed E-state index contributed by atoms with van der Waals surface area (Å²) in [5.41, 5.74) is 1.76. The van der Waals surface area contributed by atoms with Crippen molar-refractivity contribution in [3.8, 4) is 5.69 Å². The van der Waals surface area contributed by atoms with Crippen molar-refractivity contribution in [3.05, 3.63) is 80.2 Å². The number of rotatable bonds is 5. The minimum absolute atomic E-state index is 0.0173. The molecule has 2 aromatic carbocycles. The summed E-state index contributed by atoms with van der Waals surface area (Å²) in [6.07, 6.45) is 0. The van der Waals surface area contributed by atoms with E-state index in [2.05, 4.69) is 10.1 Å². The van der Waals surface area contributed by atoms with Gasteiger partial charge in [-0.05, 0) is 50.2 Å². The van der Waals surface area contributed by atoms with E-state index in [1.54, 1.807) is 6.92 Å². The molecule has 0 amide bonds. The molecule has 2 heterocycles. The summed E-state index contributed by atoms with van der Waals surface area (Å²) in [4.78, 5) is 29.2. The van der Waals surface area contributed by atoms with Gasteiger partial charge in [0.25, 0.3) is 5.56 Å². The Morgan fingerprint density at radius 1 is 1.26 bits per heavy atom. The van der Waals surface area contributed by atoms with E-state index in [4.69, 9.17) is 16.1 Å². The summed E-state index contributed by atoms with van der Waals surface area (Å²) in [6.45, 7) is 3.60. The van der Waals surface area contributed by atoms with E-state index in [0.717, 1.165) is 11.3 Å². The number of hydrogen-bond acceptors (Lipinski definition) is 6. The van der Waals surface area contributed by atoms with E-state index < -0.39 is 17.3 Å². The maximum absolute atomic E-state index is 13.7. The van der Waals surface area contributed by atoms with Crippen molar-refractivity contribution in [2.75, 3.05) is 0 Å². The Morgan fingerprint density at radius 2 is 2.03 bits per heavy atom. The summed E-state index contributed by atoms with van der Waals surface area (Å²) >= 11 is 7.19. The Labute approximate surface area is 184 Å². The highest BCUT2D eigenvalue weighted by atomic mass is 35.5. The zero-order valence-electron chi connectivity index (χ0n) is 16.3. The van der Waals surface area contributed by atoms with Crippen LogP contribution < -0.4 is 5.56 Å². The summed E-state index contributed by atoms with van der Waals surface area (Å²) in [6, 6.07) is 8.05. The van der Waals surface area contributed by atoms with Gasteiger partial charge in [-0.3, -0.25) is 9.36 Å². The van der Waals surface area contributed by atoms with Gasteiger partial charge in [-0.2, -0.15) is 0 Å². The number of halogens is 2. The summed E-state index contributed by atoms with van der Waals surface area (Å²) in [5, 5.41) is 13.6. The number of aryl methyl sites for hydroxylation is 2. The highest BCUT2D eigenvalue weighted by Crippen LogP contribution is 2.28. The van der Waals surface area contributed by atoms with Crippen molar-refractivity contribution in [1.29, 1.82) is 0 Å². The molecule has 158 valence electrons. The van der Waals surface area contributed by atoms with Crippen LogP contribution in [0.15, 0.2) is 50.9 Å². The van der Waals surface area contributed by atoms with Crippen molar-refractivity contribution < 1.29 is 18.8 Å². The Bertz CT molecular complexity index is 1380. The van der Waals surface area contributed by atoms with Gasteiger partial charge in [0.05, 0.1) is 32.9 Å². The molecule has 0 unspecified atom stereocenters. The van der Waals surface area contributed by atoms with Crippen LogP contribution in [0.5, 0.6) is 0 Å². The van der Waals surface area contributed by atoms with E-state index in [1.807, 2.05) is 6.92 Å². The molecule has 31 heavy (non-hydrogen) atoms. The van der Waals surface area contributed by atoms with Crippen molar-refractivity contribution in [2.45, 2.75) is 24.8 Å². The predicted octanol–water partition coefficient (Wildman–Crippen LogP) is 4.77. The molecule has 0 aliphatic heterocycles. The lowest BCUT2D eigenvalue weighted by atomic mass is 10.1. The summed E-state index contributed by atoms with van der Waals surface area (Å²) in [7, 11) is 0.